The lowest BCUT2D eigenvalue weighted by Gasteiger charge is -2.60. The number of benzene rings is 2. The molecule has 2 heteroatoms. The average Bonchev–Trinajstić information content (AvgIpc) is 2.65. The molecule has 1 heterocycles. The van der Waals surface area contributed by atoms with Crippen LogP contribution in [-0.4, -0.2) is 37.2 Å². The number of hydrogen-bond donors (Lipinski definition) is 0. The van der Waals surface area contributed by atoms with Crippen molar-refractivity contribution in [2.45, 2.75) is 37.1 Å². The van der Waals surface area contributed by atoms with E-state index in [0.29, 0.717) is 6.04 Å². The van der Waals surface area contributed by atoms with Crippen LogP contribution in [0.5, 0.6) is 0 Å². The molecule has 124 valence electrons. The molecule has 2 aromatic carbocycles. The number of nitrogens with zero attached hydrogens (tertiary/aromatic N) is 1. The summed E-state index contributed by atoms with van der Waals surface area (Å²) in [6.07, 6.45) is 1.21. The minimum Gasteiger partial charge on any atom is -0.379 e. The first-order valence-corrected chi connectivity index (χ1v) is 9.17. The van der Waals surface area contributed by atoms with Gasteiger partial charge in [-0.2, -0.15) is 0 Å². The number of fused-ring (bicyclic) bond motifs is 1. The predicted molar refractivity (Wildman–Crippen MR) is 96.6 cm³/mol. The van der Waals surface area contributed by atoms with Crippen LogP contribution in [0.3, 0.4) is 0 Å². The van der Waals surface area contributed by atoms with Crippen molar-refractivity contribution in [3.63, 3.8) is 0 Å². The highest BCUT2D eigenvalue weighted by Crippen LogP contribution is 2.60. The molecule has 4 aliphatic rings. The van der Waals surface area contributed by atoms with Crippen molar-refractivity contribution in [1.29, 1.82) is 0 Å². The van der Waals surface area contributed by atoms with Gasteiger partial charge in [0, 0.05) is 30.0 Å². The molecule has 0 aromatic heterocycles. The Kier molecular flexibility index (Phi) is 3.02. The summed E-state index contributed by atoms with van der Waals surface area (Å²) < 4.78 is 5.63. The second-order valence-electron chi connectivity index (χ2n) is 7.99. The predicted octanol–water partition coefficient (Wildman–Crippen LogP) is 3.72. The monoisotopic (exact) mass is 319 g/mol. The lowest BCUT2D eigenvalue weighted by Crippen LogP contribution is -2.62. The van der Waals surface area contributed by atoms with E-state index in [1.165, 1.54) is 28.7 Å². The molecule has 1 unspecified atom stereocenters. The van der Waals surface area contributed by atoms with Gasteiger partial charge in [-0.25, -0.2) is 0 Å². The molecule has 2 nitrogen and oxygen atoms in total. The lowest BCUT2D eigenvalue weighted by atomic mass is 9.48. The highest BCUT2D eigenvalue weighted by atomic mass is 16.5. The molecule has 0 radical (unpaired) electrons. The average molecular weight is 319 g/mol. The van der Waals surface area contributed by atoms with E-state index in [-0.39, 0.29) is 10.8 Å². The molecule has 24 heavy (non-hydrogen) atoms. The van der Waals surface area contributed by atoms with Crippen molar-refractivity contribution in [1.82, 2.24) is 4.90 Å². The maximum atomic E-state index is 5.63. The quantitative estimate of drug-likeness (QED) is 0.794. The standard InChI is InChI=1S/C22H25NO/c1-21-15-20(23-11-13-24-14-12-23)22(2,18-9-5-3-7-16(18)21)19-10-6-4-8-17(19)21/h3-10,20H,11-15H2,1-2H3. The van der Waals surface area contributed by atoms with E-state index >= 15 is 0 Å². The highest BCUT2D eigenvalue weighted by molar-refractivity contribution is 5.63. The number of hydrogen-bond acceptors (Lipinski definition) is 2. The van der Waals surface area contributed by atoms with Gasteiger partial charge < -0.3 is 4.74 Å². The summed E-state index contributed by atoms with van der Waals surface area (Å²) in [5, 5.41) is 0. The Morgan fingerprint density at radius 1 is 0.833 bits per heavy atom. The van der Waals surface area contributed by atoms with Crippen molar-refractivity contribution in [3.05, 3.63) is 70.8 Å². The zero-order chi connectivity index (χ0) is 16.4. The van der Waals surface area contributed by atoms with Gasteiger partial charge in [0.2, 0.25) is 0 Å². The van der Waals surface area contributed by atoms with Gasteiger partial charge in [0.1, 0.15) is 0 Å². The van der Waals surface area contributed by atoms with Crippen LogP contribution in [0, 0.1) is 0 Å². The summed E-state index contributed by atoms with van der Waals surface area (Å²) in [7, 11) is 0. The lowest BCUT2D eigenvalue weighted by molar-refractivity contribution is -0.0109. The molecule has 1 saturated heterocycles. The minimum absolute atomic E-state index is 0.0717. The second kappa shape index (κ2) is 4.93. The minimum atomic E-state index is 0.0717. The van der Waals surface area contributed by atoms with Crippen molar-refractivity contribution in [3.8, 4) is 0 Å². The summed E-state index contributed by atoms with van der Waals surface area (Å²) >= 11 is 0. The van der Waals surface area contributed by atoms with E-state index in [9.17, 15) is 0 Å². The molecule has 0 amide bonds. The van der Waals surface area contributed by atoms with E-state index < -0.39 is 0 Å². The van der Waals surface area contributed by atoms with E-state index in [2.05, 4.69) is 67.3 Å². The fourth-order valence-electron chi connectivity index (χ4n) is 5.68. The molecule has 0 N–H and O–H groups in total. The molecule has 1 aliphatic heterocycles. The molecule has 6 rings (SSSR count). The molecule has 0 spiro atoms. The van der Waals surface area contributed by atoms with Crippen molar-refractivity contribution < 1.29 is 4.74 Å². The molecular formula is C22H25NO. The van der Waals surface area contributed by atoms with Crippen LogP contribution < -0.4 is 0 Å². The Hall–Kier alpha value is -1.64. The van der Waals surface area contributed by atoms with Crippen LogP contribution in [0.4, 0.5) is 0 Å². The van der Waals surface area contributed by atoms with E-state index in [1.807, 2.05) is 0 Å². The number of rotatable bonds is 1. The Morgan fingerprint density at radius 3 is 1.88 bits per heavy atom. The normalized spacial score (nSPS) is 34.7. The Morgan fingerprint density at radius 2 is 1.33 bits per heavy atom. The number of ether oxygens (including phenoxy) is 1. The van der Waals surface area contributed by atoms with Gasteiger partial charge in [0.15, 0.2) is 0 Å². The van der Waals surface area contributed by atoms with Crippen LogP contribution in [0.15, 0.2) is 48.5 Å². The van der Waals surface area contributed by atoms with E-state index in [4.69, 9.17) is 4.74 Å². The maximum absolute atomic E-state index is 5.63. The third-order valence-corrected chi connectivity index (χ3v) is 6.92. The van der Waals surface area contributed by atoms with Gasteiger partial charge in [-0.3, -0.25) is 4.90 Å². The highest BCUT2D eigenvalue weighted by Gasteiger charge is 2.57. The summed E-state index contributed by atoms with van der Waals surface area (Å²) in [5.41, 5.74) is 6.34. The van der Waals surface area contributed by atoms with Crippen LogP contribution in [0.1, 0.15) is 42.5 Å². The Bertz CT molecular complexity index is 743. The van der Waals surface area contributed by atoms with Gasteiger partial charge in [0.05, 0.1) is 13.2 Å². The molecule has 1 atom stereocenters. The summed E-state index contributed by atoms with van der Waals surface area (Å²) in [5.74, 6) is 0. The van der Waals surface area contributed by atoms with Crippen molar-refractivity contribution >= 4 is 0 Å². The smallest absolute Gasteiger partial charge is 0.0594 e. The van der Waals surface area contributed by atoms with Crippen LogP contribution in [0.2, 0.25) is 0 Å². The Balaban J connectivity index is 1.77. The SMILES string of the molecule is CC12CC(N3CCOCC3)C(C)(c3ccccc31)c1ccccc12. The van der Waals surface area contributed by atoms with Crippen LogP contribution in [0.25, 0.3) is 0 Å². The van der Waals surface area contributed by atoms with Crippen molar-refractivity contribution in [2.75, 3.05) is 26.3 Å². The summed E-state index contributed by atoms with van der Waals surface area (Å²) in [6, 6.07) is 18.9. The van der Waals surface area contributed by atoms with Crippen LogP contribution in [-0.2, 0) is 15.6 Å². The zero-order valence-electron chi connectivity index (χ0n) is 14.6. The van der Waals surface area contributed by atoms with E-state index in [1.54, 1.807) is 0 Å². The maximum Gasteiger partial charge on any atom is 0.0594 e. The second-order valence-corrected chi connectivity index (χ2v) is 7.99. The third kappa shape index (κ3) is 1.68. The Labute approximate surface area is 144 Å². The first-order valence-electron chi connectivity index (χ1n) is 9.17. The van der Waals surface area contributed by atoms with E-state index in [0.717, 1.165) is 26.3 Å². The van der Waals surface area contributed by atoms with Gasteiger partial charge in [-0.1, -0.05) is 55.5 Å². The molecule has 0 saturated carbocycles. The molecule has 1 fully saturated rings. The number of morpholine rings is 1. The molecule has 3 aliphatic carbocycles. The van der Waals surface area contributed by atoms with Gasteiger partial charge in [-0.05, 0) is 35.6 Å². The van der Waals surface area contributed by atoms with Gasteiger partial charge >= 0.3 is 0 Å². The van der Waals surface area contributed by atoms with Gasteiger partial charge in [-0.15, -0.1) is 0 Å². The topological polar surface area (TPSA) is 12.5 Å². The fourth-order valence-corrected chi connectivity index (χ4v) is 5.68. The first-order chi connectivity index (χ1) is 11.7. The van der Waals surface area contributed by atoms with Gasteiger partial charge in [0.25, 0.3) is 0 Å². The zero-order valence-corrected chi connectivity index (χ0v) is 14.6. The molecule has 2 bridgehead atoms. The van der Waals surface area contributed by atoms with Crippen LogP contribution >= 0.6 is 0 Å². The fraction of sp³-hybridized carbons (Fsp3) is 0.455. The first kappa shape index (κ1) is 14.7. The summed E-state index contributed by atoms with van der Waals surface area (Å²) in [6.45, 7) is 8.78. The largest absolute Gasteiger partial charge is 0.379 e. The molecular weight excluding hydrogens is 294 g/mol. The summed E-state index contributed by atoms with van der Waals surface area (Å²) in [4.78, 5) is 2.69. The third-order valence-electron chi connectivity index (χ3n) is 6.92. The van der Waals surface area contributed by atoms with Crippen molar-refractivity contribution in [2.24, 2.45) is 0 Å². The molecule has 2 aromatic rings.